The summed E-state index contributed by atoms with van der Waals surface area (Å²) in [7, 11) is 1.46. The molecule has 9 nitrogen and oxygen atoms in total. The van der Waals surface area contributed by atoms with Crippen molar-refractivity contribution in [3.05, 3.63) is 87.8 Å². The number of benzene rings is 3. The molecule has 1 aliphatic heterocycles. The Hall–Kier alpha value is -4.57. The van der Waals surface area contributed by atoms with Gasteiger partial charge in [-0.1, -0.05) is 30.3 Å². The minimum absolute atomic E-state index is 0.178. The number of hydrogen-bond donors (Lipinski definition) is 2. The molecule has 206 valence electrons. The summed E-state index contributed by atoms with van der Waals surface area (Å²) in [5, 5.41) is 5.01. The number of imide groups is 1. The van der Waals surface area contributed by atoms with E-state index in [4.69, 9.17) is 9.47 Å². The molecule has 3 aromatic carbocycles. The van der Waals surface area contributed by atoms with Crippen LogP contribution in [-0.4, -0.2) is 48.1 Å². The Morgan fingerprint density at radius 1 is 0.900 bits per heavy atom. The molecule has 0 unspecified atom stereocenters. The van der Waals surface area contributed by atoms with Crippen molar-refractivity contribution in [1.29, 1.82) is 0 Å². The molecule has 0 atom stereocenters. The monoisotopic (exact) mass is 559 g/mol. The number of nitrogens with zero attached hydrogens (tertiary/aromatic N) is 1. The molecule has 2 N–H and O–H groups in total. The molecule has 1 fully saturated rings. The second kappa shape index (κ2) is 12.5. The van der Waals surface area contributed by atoms with Gasteiger partial charge >= 0.3 is 0 Å². The van der Waals surface area contributed by atoms with Crippen LogP contribution in [0.5, 0.6) is 11.5 Å². The first-order valence-corrected chi connectivity index (χ1v) is 13.2. The van der Waals surface area contributed by atoms with Crippen molar-refractivity contribution in [3.63, 3.8) is 0 Å². The number of nitrogens with one attached hydrogen (secondary N) is 2. The number of carbonyl (C=O) groups excluding carboxylic acids is 4. The molecule has 1 aliphatic rings. The average molecular weight is 560 g/mol. The number of methoxy groups -OCH3 is 1. The molecule has 0 radical (unpaired) electrons. The molecule has 10 heteroatoms. The molecule has 3 aromatic rings. The van der Waals surface area contributed by atoms with E-state index in [1.165, 1.54) is 7.11 Å². The highest BCUT2D eigenvalue weighted by atomic mass is 32.2. The first-order valence-electron chi connectivity index (χ1n) is 12.4. The Bertz CT molecular complexity index is 1500. The number of aryl methyl sites for hydroxylation is 3. The van der Waals surface area contributed by atoms with E-state index in [1.807, 2.05) is 63.2 Å². The Balaban J connectivity index is 1.39. The van der Waals surface area contributed by atoms with Gasteiger partial charge in [-0.05, 0) is 91.2 Å². The summed E-state index contributed by atoms with van der Waals surface area (Å²) in [6.07, 6.45) is 1.55. The highest BCUT2D eigenvalue weighted by Crippen LogP contribution is 2.34. The van der Waals surface area contributed by atoms with Gasteiger partial charge in [-0.25, -0.2) is 0 Å². The molecule has 4 amide bonds. The Morgan fingerprint density at radius 2 is 1.62 bits per heavy atom. The van der Waals surface area contributed by atoms with Crippen LogP contribution in [0.25, 0.3) is 6.08 Å². The van der Waals surface area contributed by atoms with E-state index in [-0.39, 0.29) is 17.4 Å². The van der Waals surface area contributed by atoms with Crippen LogP contribution in [0, 0.1) is 20.8 Å². The zero-order chi connectivity index (χ0) is 28.8. The zero-order valence-electron chi connectivity index (χ0n) is 22.6. The van der Waals surface area contributed by atoms with Crippen molar-refractivity contribution in [1.82, 2.24) is 4.90 Å². The van der Waals surface area contributed by atoms with Crippen LogP contribution < -0.4 is 20.1 Å². The lowest BCUT2D eigenvalue weighted by Gasteiger charge is -2.13. The highest BCUT2D eigenvalue weighted by Gasteiger charge is 2.36. The van der Waals surface area contributed by atoms with Crippen LogP contribution in [0.4, 0.5) is 16.2 Å². The van der Waals surface area contributed by atoms with Crippen LogP contribution in [0.2, 0.25) is 0 Å². The average Bonchev–Trinajstić information content (AvgIpc) is 3.15. The smallest absolute Gasteiger partial charge is 0.294 e. The fourth-order valence-corrected chi connectivity index (χ4v) is 4.95. The predicted molar refractivity (Wildman–Crippen MR) is 156 cm³/mol. The topological polar surface area (TPSA) is 114 Å². The van der Waals surface area contributed by atoms with Crippen molar-refractivity contribution in [2.75, 3.05) is 30.9 Å². The number of amides is 4. The van der Waals surface area contributed by atoms with Crippen LogP contribution in [0.15, 0.2) is 65.6 Å². The Morgan fingerprint density at radius 3 is 2.33 bits per heavy atom. The van der Waals surface area contributed by atoms with Gasteiger partial charge in [-0.15, -0.1) is 0 Å². The van der Waals surface area contributed by atoms with E-state index in [1.54, 1.807) is 24.3 Å². The maximum atomic E-state index is 12.9. The largest absolute Gasteiger partial charge is 0.493 e. The van der Waals surface area contributed by atoms with E-state index < -0.39 is 23.6 Å². The van der Waals surface area contributed by atoms with Crippen LogP contribution >= 0.6 is 11.8 Å². The second-order valence-electron chi connectivity index (χ2n) is 9.25. The number of rotatable bonds is 9. The number of para-hydroxylation sites is 1. The van der Waals surface area contributed by atoms with E-state index >= 15 is 0 Å². The van der Waals surface area contributed by atoms with Crippen molar-refractivity contribution in [2.24, 2.45) is 0 Å². The molecule has 1 heterocycles. The summed E-state index contributed by atoms with van der Waals surface area (Å²) >= 11 is 0.757. The van der Waals surface area contributed by atoms with Crippen molar-refractivity contribution in [3.8, 4) is 11.5 Å². The normalized spacial score (nSPS) is 13.9. The highest BCUT2D eigenvalue weighted by molar-refractivity contribution is 8.18. The Labute approximate surface area is 236 Å². The number of anilines is 2. The molecule has 1 saturated heterocycles. The molecule has 0 saturated carbocycles. The van der Waals surface area contributed by atoms with Gasteiger partial charge in [0.1, 0.15) is 6.54 Å². The van der Waals surface area contributed by atoms with Gasteiger partial charge in [0.15, 0.2) is 18.1 Å². The second-order valence-corrected chi connectivity index (χ2v) is 10.2. The molecular formula is C30H29N3O6S. The zero-order valence-corrected chi connectivity index (χ0v) is 23.4. The van der Waals surface area contributed by atoms with Gasteiger partial charge in [0.05, 0.1) is 12.0 Å². The maximum absolute atomic E-state index is 12.9. The first-order chi connectivity index (χ1) is 19.1. The van der Waals surface area contributed by atoms with Crippen molar-refractivity contribution >= 4 is 52.2 Å². The van der Waals surface area contributed by atoms with E-state index in [0.717, 1.165) is 33.4 Å². The van der Waals surface area contributed by atoms with Gasteiger partial charge in [0, 0.05) is 11.4 Å². The van der Waals surface area contributed by atoms with Gasteiger partial charge in [-0.3, -0.25) is 24.1 Å². The summed E-state index contributed by atoms with van der Waals surface area (Å²) in [5.74, 6) is -0.656. The SMILES string of the molecule is COc1cc(/C=C2\SC(=O)N(CC(=O)Nc3cc(C)cc(C)c3)C2=O)ccc1OCC(=O)Nc1ccccc1C. The molecule has 40 heavy (non-hydrogen) atoms. The summed E-state index contributed by atoms with van der Waals surface area (Å²) < 4.78 is 11.1. The molecule has 0 aromatic heterocycles. The third kappa shape index (κ3) is 7.09. The molecule has 0 aliphatic carbocycles. The lowest BCUT2D eigenvalue weighted by Crippen LogP contribution is -2.36. The predicted octanol–water partition coefficient (Wildman–Crippen LogP) is 5.31. The van der Waals surface area contributed by atoms with E-state index in [2.05, 4.69) is 10.6 Å². The third-order valence-electron chi connectivity index (χ3n) is 5.94. The standard InChI is InChI=1S/C30H29N3O6S/c1-18-11-19(2)13-22(12-18)31-27(34)16-33-29(36)26(40-30(33)37)15-21-9-10-24(25(14-21)38-4)39-17-28(35)32-23-8-6-5-7-20(23)3/h5-15H,16-17H2,1-4H3,(H,31,34)(H,32,35)/b26-15-. The molecule has 0 spiro atoms. The lowest BCUT2D eigenvalue weighted by atomic mass is 10.1. The van der Waals surface area contributed by atoms with Crippen molar-refractivity contribution < 1.29 is 28.7 Å². The van der Waals surface area contributed by atoms with Crippen LogP contribution in [0.1, 0.15) is 22.3 Å². The van der Waals surface area contributed by atoms with Crippen LogP contribution in [-0.2, 0) is 14.4 Å². The fourth-order valence-electron chi connectivity index (χ4n) is 4.11. The van der Waals surface area contributed by atoms with Gasteiger partial charge in [0.2, 0.25) is 5.91 Å². The third-order valence-corrected chi connectivity index (χ3v) is 6.85. The maximum Gasteiger partial charge on any atom is 0.294 e. The number of thioether (sulfide) groups is 1. The minimum atomic E-state index is -0.558. The molecule has 0 bridgehead atoms. The first kappa shape index (κ1) is 28.4. The molecular weight excluding hydrogens is 530 g/mol. The van der Waals surface area contributed by atoms with Crippen LogP contribution in [0.3, 0.4) is 0 Å². The fraction of sp³-hybridized carbons (Fsp3) is 0.200. The van der Waals surface area contributed by atoms with Gasteiger partial charge in [0.25, 0.3) is 17.1 Å². The van der Waals surface area contributed by atoms with Gasteiger partial charge in [-0.2, -0.15) is 0 Å². The van der Waals surface area contributed by atoms with E-state index in [9.17, 15) is 19.2 Å². The van der Waals surface area contributed by atoms with E-state index in [0.29, 0.717) is 28.4 Å². The minimum Gasteiger partial charge on any atom is -0.493 e. The Kier molecular flexibility index (Phi) is 8.90. The summed E-state index contributed by atoms with van der Waals surface area (Å²) in [4.78, 5) is 51.4. The number of hydrogen-bond acceptors (Lipinski definition) is 7. The summed E-state index contributed by atoms with van der Waals surface area (Å²) in [6.45, 7) is 5.11. The number of carbonyl (C=O) groups is 4. The van der Waals surface area contributed by atoms with Crippen molar-refractivity contribution in [2.45, 2.75) is 20.8 Å². The quantitative estimate of drug-likeness (QED) is 0.342. The lowest BCUT2D eigenvalue weighted by molar-refractivity contribution is -0.127. The molecule has 4 rings (SSSR count). The summed E-state index contributed by atoms with van der Waals surface area (Å²) in [6, 6.07) is 18.0. The number of ether oxygens (including phenoxy) is 2. The summed E-state index contributed by atoms with van der Waals surface area (Å²) in [5.41, 5.74) is 4.80. The van der Waals surface area contributed by atoms with Gasteiger partial charge < -0.3 is 20.1 Å².